The van der Waals surface area contributed by atoms with Crippen molar-refractivity contribution in [2.45, 2.75) is 28.9 Å². The molecule has 1 aliphatic rings. The molecule has 0 bridgehead atoms. The van der Waals surface area contributed by atoms with E-state index in [1.165, 1.54) is 22.6 Å². The van der Waals surface area contributed by atoms with Crippen LogP contribution in [0.25, 0.3) is 11.3 Å². The summed E-state index contributed by atoms with van der Waals surface area (Å²) < 4.78 is 62.2. The Morgan fingerprint density at radius 2 is 1.64 bits per heavy atom. The summed E-state index contributed by atoms with van der Waals surface area (Å²) in [5, 5.41) is -0.691. The van der Waals surface area contributed by atoms with Gasteiger partial charge in [0, 0.05) is 18.7 Å². The summed E-state index contributed by atoms with van der Waals surface area (Å²) >= 11 is 0. The van der Waals surface area contributed by atoms with E-state index in [-0.39, 0.29) is 10.9 Å². The van der Waals surface area contributed by atoms with Gasteiger partial charge in [-0.25, -0.2) is 21.8 Å². The normalized spacial score (nSPS) is 15.9. The number of sulfonamides is 1. The number of hydrogen-bond donors (Lipinski definition) is 0. The average Bonchev–Trinajstić information content (AvgIpc) is 3.43. The van der Waals surface area contributed by atoms with E-state index in [1.54, 1.807) is 24.3 Å². The molecule has 1 fully saturated rings. The molecule has 0 unspecified atom stereocenters. The van der Waals surface area contributed by atoms with Crippen LogP contribution in [0.3, 0.4) is 0 Å². The molecule has 0 amide bonds. The van der Waals surface area contributed by atoms with Crippen LogP contribution in [0.5, 0.6) is 0 Å². The summed E-state index contributed by atoms with van der Waals surface area (Å²) in [5.41, 5.74) is 0.702. The summed E-state index contributed by atoms with van der Waals surface area (Å²) in [4.78, 5) is 3.86. The van der Waals surface area contributed by atoms with Crippen molar-refractivity contribution in [3.63, 3.8) is 0 Å². The number of nitrogens with zero attached hydrogens (tertiary/aromatic N) is 2. The molecule has 1 saturated heterocycles. The van der Waals surface area contributed by atoms with E-state index < -0.39 is 30.8 Å². The predicted molar refractivity (Wildman–Crippen MR) is 99.5 cm³/mol. The highest BCUT2D eigenvalue weighted by Crippen LogP contribution is 2.26. The number of aromatic nitrogens is 1. The van der Waals surface area contributed by atoms with Crippen LogP contribution in [0.15, 0.2) is 67.8 Å². The van der Waals surface area contributed by atoms with Crippen LogP contribution in [0.2, 0.25) is 0 Å². The maximum absolute atomic E-state index is 12.6. The minimum atomic E-state index is -3.93. The van der Waals surface area contributed by atoms with Crippen LogP contribution in [0, 0.1) is 0 Å². The first-order valence-electron chi connectivity index (χ1n) is 8.69. The smallest absolute Gasteiger partial charge is 0.315 e. The molecule has 8 nitrogen and oxygen atoms in total. The molecule has 0 atom stereocenters. The number of rotatable bonds is 6. The minimum Gasteiger partial charge on any atom is -0.447 e. The first-order chi connectivity index (χ1) is 13.4. The van der Waals surface area contributed by atoms with Gasteiger partial charge in [-0.15, -0.1) is 0 Å². The average molecular weight is 422 g/mol. The fraction of sp³-hybridized carbons (Fsp3) is 0.278. The highest BCUT2D eigenvalue weighted by Gasteiger charge is 2.31. The van der Waals surface area contributed by atoms with E-state index in [2.05, 4.69) is 4.98 Å². The maximum Gasteiger partial charge on any atom is 0.315 e. The van der Waals surface area contributed by atoms with E-state index in [4.69, 9.17) is 8.83 Å². The van der Waals surface area contributed by atoms with Gasteiger partial charge in [0.05, 0.1) is 6.20 Å². The van der Waals surface area contributed by atoms with Gasteiger partial charge in [0.2, 0.25) is 14.9 Å². The van der Waals surface area contributed by atoms with Crippen molar-refractivity contribution in [2.75, 3.05) is 13.1 Å². The van der Waals surface area contributed by atoms with Crippen molar-refractivity contribution in [3.8, 4) is 11.3 Å². The fourth-order valence-corrected chi connectivity index (χ4v) is 5.55. The molecule has 28 heavy (non-hydrogen) atoms. The van der Waals surface area contributed by atoms with Crippen molar-refractivity contribution >= 4 is 19.9 Å². The van der Waals surface area contributed by atoms with Gasteiger partial charge in [0.25, 0.3) is 10.0 Å². The molecule has 3 aromatic rings. The lowest BCUT2D eigenvalue weighted by atomic mass is 10.2. The second-order valence-electron chi connectivity index (χ2n) is 6.45. The van der Waals surface area contributed by atoms with Gasteiger partial charge in [-0.1, -0.05) is 30.3 Å². The van der Waals surface area contributed by atoms with Crippen molar-refractivity contribution in [1.29, 1.82) is 0 Å². The number of hydrogen-bond acceptors (Lipinski definition) is 7. The zero-order chi connectivity index (χ0) is 19.8. The Bertz CT molecular complexity index is 1170. The SMILES string of the molecule is O=S(=O)(Cc1ccc(S(=O)(=O)N2CCCC2)o1)c1ncc(-c2ccccc2)o1. The molecule has 0 spiro atoms. The lowest BCUT2D eigenvalue weighted by molar-refractivity contribution is 0.393. The van der Waals surface area contributed by atoms with Crippen LogP contribution in [0.1, 0.15) is 18.6 Å². The molecule has 3 heterocycles. The minimum absolute atomic E-state index is 0.0113. The molecule has 148 valence electrons. The van der Waals surface area contributed by atoms with E-state index in [9.17, 15) is 16.8 Å². The molecular formula is C18H18N2O6S2. The van der Waals surface area contributed by atoms with Crippen LogP contribution in [0.4, 0.5) is 0 Å². The van der Waals surface area contributed by atoms with Gasteiger partial charge in [-0.3, -0.25) is 0 Å². The third-order valence-electron chi connectivity index (χ3n) is 4.44. The predicted octanol–water partition coefficient (Wildman–Crippen LogP) is 2.69. The maximum atomic E-state index is 12.6. The molecule has 2 aromatic heterocycles. The Hall–Kier alpha value is -2.43. The zero-order valence-electron chi connectivity index (χ0n) is 14.8. The third kappa shape index (κ3) is 3.62. The molecule has 1 aromatic carbocycles. The Balaban J connectivity index is 1.54. The van der Waals surface area contributed by atoms with Crippen LogP contribution < -0.4 is 0 Å². The van der Waals surface area contributed by atoms with Gasteiger partial charge in [0.15, 0.2) is 5.76 Å². The largest absolute Gasteiger partial charge is 0.447 e. The lowest BCUT2D eigenvalue weighted by Gasteiger charge is -2.12. The molecule has 10 heteroatoms. The summed E-state index contributed by atoms with van der Waals surface area (Å²) in [6, 6.07) is 11.6. The summed E-state index contributed by atoms with van der Waals surface area (Å²) in [5.74, 6) is -0.203. The molecule has 1 aliphatic heterocycles. The molecular weight excluding hydrogens is 404 g/mol. The Kier molecular flexibility index (Phi) is 4.86. The van der Waals surface area contributed by atoms with E-state index in [0.717, 1.165) is 12.8 Å². The van der Waals surface area contributed by atoms with Crippen LogP contribution in [-0.2, 0) is 25.6 Å². The first-order valence-corrected chi connectivity index (χ1v) is 11.8. The monoisotopic (exact) mass is 422 g/mol. The number of furan rings is 1. The van der Waals surface area contributed by atoms with E-state index >= 15 is 0 Å². The summed E-state index contributed by atoms with van der Waals surface area (Å²) in [6.45, 7) is 0.879. The highest BCUT2D eigenvalue weighted by molar-refractivity contribution is 7.90. The topological polar surface area (TPSA) is 111 Å². The summed E-state index contributed by atoms with van der Waals surface area (Å²) in [7, 11) is -7.67. The highest BCUT2D eigenvalue weighted by atomic mass is 32.2. The number of benzene rings is 1. The van der Waals surface area contributed by atoms with E-state index in [0.29, 0.717) is 24.4 Å². The molecule has 0 radical (unpaired) electrons. The Morgan fingerprint density at radius 1 is 0.929 bits per heavy atom. The number of sulfone groups is 1. The van der Waals surface area contributed by atoms with Gasteiger partial charge in [-0.2, -0.15) is 4.31 Å². The Labute approximate surface area is 162 Å². The standard InChI is InChI=1S/C18H18N2O6S2/c21-27(22,18-19-12-16(26-18)14-6-2-1-3-7-14)13-15-8-9-17(25-15)28(23,24)20-10-4-5-11-20/h1-3,6-9,12H,4-5,10-11,13H2. The Morgan fingerprint density at radius 3 is 2.36 bits per heavy atom. The van der Waals surface area contributed by atoms with E-state index in [1.807, 2.05) is 6.07 Å². The third-order valence-corrected chi connectivity index (χ3v) is 7.60. The zero-order valence-corrected chi connectivity index (χ0v) is 16.4. The van der Waals surface area contributed by atoms with Gasteiger partial charge in [0.1, 0.15) is 11.5 Å². The molecule has 0 N–H and O–H groups in total. The second-order valence-corrected chi connectivity index (χ2v) is 10.2. The molecule has 0 aliphatic carbocycles. The molecule has 0 saturated carbocycles. The fourth-order valence-electron chi connectivity index (χ4n) is 3.02. The molecule has 4 rings (SSSR count). The van der Waals surface area contributed by atoms with Crippen LogP contribution in [-0.4, -0.2) is 39.2 Å². The van der Waals surface area contributed by atoms with Crippen molar-refractivity contribution in [2.24, 2.45) is 0 Å². The lowest BCUT2D eigenvalue weighted by Crippen LogP contribution is -2.27. The van der Waals surface area contributed by atoms with Gasteiger partial charge < -0.3 is 8.83 Å². The quantitative estimate of drug-likeness (QED) is 0.600. The number of oxazole rings is 1. The first kappa shape index (κ1) is 18.9. The van der Waals surface area contributed by atoms with Crippen molar-refractivity contribution in [3.05, 3.63) is 54.4 Å². The second kappa shape index (κ2) is 7.19. The van der Waals surface area contributed by atoms with Crippen LogP contribution >= 0.6 is 0 Å². The van der Waals surface area contributed by atoms with Crippen molar-refractivity contribution < 1.29 is 25.7 Å². The summed E-state index contributed by atoms with van der Waals surface area (Å²) in [6.07, 6.45) is 2.94. The van der Waals surface area contributed by atoms with Gasteiger partial charge >= 0.3 is 5.22 Å². The van der Waals surface area contributed by atoms with Crippen molar-refractivity contribution in [1.82, 2.24) is 9.29 Å². The van der Waals surface area contributed by atoms with Gasteiger partial charge in [-0.05, 0) is 25.0 Å².